The molecule has 2 aromatic heterocycles. The molecule has 118 valence electrons. The quantitative estimate of drug-likeness (QED) is 0.745. The molecule has 5 nitrogen and oxygen atoms in total. The first-order valence-corrected chi connectivity index (χ1v) is 7.93. The summed E-state index contributed by atoms with van der Waals surface area (Å²) in [7, 11) is 0. The van der Waals surface area contributed by atoms with Gasteiger partial charge in [-0.1, -0.05) is 35.5 Å². The SMILES string of the molecule is Cc1cc(CN2Cc3ncc(C)n3C[C@H]2c2ccccc2)no1. The van der Waals surface area contributed by atoms with Crippen LogP contribution < -0.4 is 0 Å². The van der Waals surface area contributed by atoms with Crippen LogP contribution in [-0.4, -0.2) is 19.6 Å². The molecule has 0 saturated heterocycles. The van der Waals surface area contributed by atoms with E-state index in [1.165, 1.54) is 11.3 Å². The Labute approximate surface area is 135 Å². The highest BCUT2D eigenvalue weighted by molar-refractivity contribution is 5.22. The topological polar surface area (TPSA) is 47.1 Å². The largest absolute Gasteiger partial charge is 0.361 e. The van der Waals surface area contributed by atoms with Gasteiger partial charge in [0.05, 0.1) is 18.3 Å². The molecule has 5 heteroatoms. The van der Waals surface area contributed by atoms with Crippen molar-refractivity contribution >= 4 is 0 Å². The lowest BCUT2D eigenvalue weighted by Crippen LogP contribution is -2.37. The summed E-state index contributed by atoms with van der Waals surface area (Å²) in [6, 6.07) is 13.0. The summed E-state index contributed by atoms with van der Waals surface area (Å²) in [5, 5.41) is 4.16. The number of aromatic nitrogens is 3. The lowest BCUT2D eigenvalue weighted by atomic mass is 10.0. The number of nitrogens with zero attached hydrogens (tertiary/aromatic N) is 4. The third kappa shape index (κ3) is 2.68. The van der Waals surface area contributed by atoms with E-state index in [0.717, 1.165) is 36.9 Å². The number of imidazole rings is 1. The van der Waals surface area contributed by atoms with E-state index in [-0.39, 0.29) is 0 Å². The van der Waals surface area contributed by atoms with Gasteiger partial charge in [-0.2, -0.15) is 0 Å². The summed E-state index contributed by atoms with van der Waals surface area (Å²) < 4.78 is 7.54. The molecular weight excluding hydrogens is 288 g/mol. The zero-order valence-electron chi connectivity index (χ0n) is 13.4. The Bertz CT molecular complexity index is 806. The van der Waals surface area contributed by atoms with E-state index < -0.39 is 0 Å². The molecule has 1 aromatic carbocycles. The van der Waals surface area contributed by atoms with Gasteiger partial charge >= 0.3 is 0 Å². The zero-order chi connectivity index (χ0) is 15.8. The molecule has 1 aliphatic rings. The van der Waals surface area contributed by atoms with E-state index >= 15 is 0 Å². The Hall–Kier alpha value is -2.40. The molecular formula is C18H20N4O. The normalized spacial score (nSPS) is 18.1. The van der Waals surface area contributed by atoms with Crippen LogP contribution in [0.4, 0.5) is 0 Å². The van der Waals surface area contributed by atoms with Crippen molar-refractivity contribution < 1.29 is 4.52 Å². The minimum atomic E-state index is 0.314. The molecule has 0 radical (unpaired) electrons. The van der Waals surface area contributed by atoms with Crippen LogP contribution in [0.3, 0.4) is 0 Å². The predicted molar refractivity (Wildman–Crippen MR) is 86.6 cm³/mol. The fourth-order valence-corrected chi connectivity index (χ4v) is 3.32. The van der Waals surface area contributed by atoms with Crippen molar-refractivity contribution in [3.63, 3.8) is 0 Å². The molecule has 0 aliphatic carbocycles. The molecule has 23 heavy (non-hydrogen) atoms. The molecule has 0 spiro atoms. The lowest BCUT2D eigenvalue weighted by molar-refractivity contribution is 0.124. The molecule has 1 aliphatic heterocycles. The average molecular weight is 308 g/mol. The highest BCUT2D eigenvalue weighted by Crippen LogP contribution is 2.31. The summed E-state index contributed by atoms with van der Waals surface area (Å²) in [4.78, 5) is 6.98. The standard InChI is InChI=1S/C18H20N4O/c1-13-9-19-18-12-21(10-16-8-14(2)23-20-16)17(11-22(13)18)15-6-4-3-5-7-15/h3-9,17H,10-12H2,1-2H3/t17-/m0/s1. The first-order chi connectivity index (χ1) is 11.2. The molecule has 0 saturated carbocycles. The highest BCUT2D eigenvalue weighted by atomic mass is 16.5. The molecule has 0 bridgehead atoms. The van der Waals surface area contributed by atoms with Crippen molar-refractivity contribution in [1.82, 2.24) is 19.6 Å². The molecule has 3 heterocycles. The molecule has 3 aromatic rings. The average Bonchev–Trinajstić information content (AvgIpc) is 3.14. The van der Waals surface area contributed by atoms with Crippen LogP contribution in [0.25, 0.3) is 0 Å². The monoisotopic (exact) mass is 308 g/mol. The van der Waals surface area contributed by atoms with Crippen LogP contribution in [0.5, 0.6) is 0 Å². The second kappa shape index (κ2) is 5.66. The van der Waals surface area contributed by atoms with Gasteiger partial charge in [0.15, 0.2) is 0 Å². The molecule has 4 rings (SSSR count). The Morgan fingerprint density at radius 1 is 1.22 bits per heavy atom. The predicted octanol–water partition coefficient (Wildman–Crippen LogP) is 3.25. The fourth-order valence-electron chi connectivity index (χ4n) is 3.32. The van der Waals surface area contributed by atoms with Gasteiger partial charge in [-0.3, -0.25) is 4.90 Å². The third-order valence-electron chi connectivity index (χ3n) is 4.50. The molecule has 0 N–H and O–H groups in total. The van der Waals surface area contributed by atoms with E-state index in [0.29, 0.717) is 6.04 Å². The summed E-state index contributed by atoms with van der Waals surface area (Å²) >= 11 is 0. The summed E-state index contributed by atoms with van der Waals surface area (Å²) in [5.41, 5.74) is 3.52. The Kier molecular flexibility index (Phi) is 3.50. The van der Waals surface area contributed by atoms with Crippen LogP contribution in [0.2, 0.25) is 0 Å². The van der Waals surface area contributed by atoms with Gasteiger partial charge < -0.3 is 9.09 Å². The highest BCUT2D eigenvalue weighted by Gasteiger charge is 2.29. The van der Waals surface area contributed by atoms with E-state index in [9.17, 15) is 0 Å². The van der Waals surface area contributed by atoms with Crippen LogP contribution in [0, 0.1) is 13.8 Å². The van der Waals surface area contributed by atoms with Gasteiger partial charge in [-0.25, -0.2) is 4.98 Å². The number of aryl methyl sites for hydroxylation is 2. The minimum absolute atomic E-state index is 0.314. The second-order valence-electron chi connectivity index (χ2n) is 6.19. The van der Waals surface area contributed by atoms with Gasteiger partial charge in [0, 0.05) is 31.0 Å². The van der Waals surface area contributed by atoms with Crippen LogP contribution >= 0.6 is 0 Å². The van der Waals surface area contributed by atoms with Gasteiger partial charge in [0.25, 0.3) is 0 Å². The summed E-state index contributed by atoms with van der Waals surface area (Å²) in [6.07, 6.45) is 1.96. The smallest absolute Gasteiger partial charge is 0.133 e. The van der Waals surface area contributed by atoms with Crippen molar-refractivity contribution in [2.24, 2.45) is 0 Å². The Morgan fingerprint density at radius 2 is 2.04 bits per heavy atom. The molecule has 0 fully saturated rings. The number of hydrogen-bond acceptors (Lipinski definition) is 4. The maximum atomic E-state index is 5.22. The van der Waals surface area contributed by atoms with Crippen molar-refractivity contribution in [1.29, 1.82) is 0 Å². The van der Waals surface area contributed by atoms with Gasteiger partial charge in [0.2, 0.25) is 0 Å². The fraction of sp³-hybridized carbons (Fsp3) is 0.333. The van der Waals surface area contributed by atoms with E-state index in [1.807, 2.05) is 19.2 Å². The number of rotatable bonds is 3. The maximum absolute atomic E-state index is 5.22. The summed E-state index contributed by atoms with van der Waals surface area (Å²) in [5.74, 6) is 1.97. The van der Waals surface area contributed by atoms with Crippen LogP contribution in [0.1, 0.15) is 34.6 Å². The van der Waals surface area contributed by atoms with E-state index in [1.54, 1.807) is 0 Å². The van der Waals surface area contributed by atoms with E-state index in [2.05, 4.69) is 56.9 Å². The van der Waals surface area contributed by atoms with Gasteiger partial charge in [-0.05, 0) is 19.4 Å². The Morgan fingerprint density at radius 3 is 2.78 bits per heavy atom. The maximum Gasteiger partial charge on any atom is 0.133 e. The van der Waals surface area contributed by atoms with E-state index in [4.69, 9.17) is 4.52 Å². The van der Waals surface area contributed by atoms with Crippen LogP contribution in [-0.2, 0) is 19.6 Å². The minimum Gasteiger partial charge on any atom is -0.361 e. The number of hydrogen-bond donors (Lipinski definition) is 0. The van der Waals surface area contributed by atoms with Crippen molar-refractivity contribution in [3.8, 4) is 0 Å². The van der Waals surface area contributed by atoms with Gasteiger partial charge in [0.1, 0.15) is 11.6 Å². The van der Waals surface area contributed by atoms with Gasteiger partial charge in [-0.15, -0.1) is 0 Å². The number of fused-ring (bicyclic) bond motifs is 1. The molecule has 1 atom stereocenters. The summed E-state index contributed by atoms with van der Waals surface area (Å²) in [6.45, 7) is 6.55. The van der Waals surface area contributed by atoms with Crippen molar-refractivity contribution in [2.45, 2.75) is 39.5 Å². The number of benzene rings is 1. The first-order valence-electron chi connectivity index (χ1n) is 7.93. The third-order valence-corrected chi connectivity index (χ3v) is 4.50. The molecule has 0 unspecified atom stereocenters. The second-order valence-corrected chi connectivity index (χ2v) is 6.19. The van der Waals surface area contributed by atoms with Crippen molar-refractivity contribution in [2.75, 3.05) is 0 Å². The lowest BCUT2D eigenvalue weighted by Gasteiger charge is -2.36. The van der Waals surface area contributed by atoms with Crippen molar-refractivity contribution in [3.05, 3.63) is 71.1 Å². The molecule has 0 amide bonds. The zero-order valence-corrected chi connectivity index (χ0v) is 13.4. The Balaban J connectivity index is 1.68. The van der Waals surface area contributed by atoms with Crippen LogP contribution in [0.15, 0.2) is 47.1 Å². The first kappa shape index (κ1) is 14.2.